The van der Waals surface area contributed by atoms with E-state index in [9.17, 15) is 13.2 Å². The maximum absolute atomic E-state index is 12.3. The monoisotopic (exact) mass is 289 g/mol. The molecule has 2 nitrogen and oxygen atoms in total. The highest BCUT2D eigenvalue weighted by Crippen LogP contribution is 2.32. The highest BCUT2D eigenvalue weighted by molar-refractivity contribution is 5.31. The Morgan fingerprint density at radius 2 is 1.85 bits per heavy atom. The van der Waals surface area contributed by atoms with Crippen LogP contribution in [0.2, 0.25) is 0 Å². The third kappa shape index (κ3) is 6.28. The number of alkyl halides is 3. The smallest absolute Gasteiger partial charge is 0.406 e. The van der Waals surface area contributed by atoms with Gasteiger partial charge in [0.25, 0.3) is 0 Å². The molecule has 5 heteroatoms. The summed E-state index contributed by atoms with van der Waals surface area (Å²) in [4.78, 5) is 0. The van der Waals surface area contributed by atoms with Crippen LogP contribution in [0, 0.1) is 5.41 Å². The fourth-order valence-corrected chi connectivity index (χ4v) is 2.10. The van der Waals surface area contributed by atoms with Gasteiger partial charge in [-0.05, 0) is 36.1 Å². The van der Waals surface area contributed by atoms with Gasteiger partial charge in [0.2, 0.25) is 0 Å². The van der Waals surface area contributed by atoms with Gasteiger partial charge in [-0.25, -0.2) is 0 Å². The number of rotatable bonds is 5. The lowest BCUT2D eigenvalue weighted by molar-refractivity contribution is -0.274. The zero-order valence-corrected chi connectivity index (χ0v) is 12.3. The van der Waals surface area contributed by atoms with Gasteiger partial charge >= 0.3 is 6.36 Å². The molecule has 0 radical (unpaired) electrons. The van der Waals surface area contributed by atoms with E-state index in [2.05, 4.69) is 30.8 Å². The van der Waals surface area contributed by atoms with Crippen LogP contribution in [0.4, 0.5) is 13.2 Å². The van der Waals surface area contributed by atoms with Crippen LogP contribution < -0.4 is 10.1 Å². The fraction of sp³-hybridized carbons (Fsp3) is 0.600. The maximum Gasteiger partial charge on any atom is 0.573 e. The molecule has 0 fully saturated rings. The van der Waals surface area contributed by atoms with Crippen LogP contribution in [0.3, 0.4) is 0 Å². The SMILES string of the molecule is CCNC(CC(C)(C)C)c1cccc(OC(F)(F)F)c1. The summed E-state index contributed by atoms with van der Waals surface area (Å²) in [6.45, 7) is 9.05. The van der Waals surface area contributed by atoms with E-state index in [0.717, 1.165) is 18.5 Å². The minimum absolute atomic E-state index is 0.0109. The Bertz CT molecular complexity index is 424. The second-order valence-electron chi connectivity index (χ2n) is 6.00. The molecule has 1 atom stereocenters. The first kappa shape index (κ1) is 16.8. The van der Waals surface area contributed by atoms with Gasteiger partial charge in [-0.15, -0.1) is 13.2 Å². The van der Waals surface area contributed by atoms with Crippen molar-refractivity contribution in [2.24, 2.45) is 5.41 Å². The van der Waals surface area contributed by atoms with Gasteiger partial charge < -0.3 is 10.1 Å². The summed E-state index contributed by atoms with van der Waals surface area (Å²) in [6.07, 6.45) is -3.83. The Hall–Kier alpha value is -1.23. The molecule has 0 amide bonds. The average Bonchev–Trinajstić information content (AvgIpc) is 2.24. The van der Waals surface area contributed by atoms with Crippen LogP contribution in [-0.4, -0.2) is 12.9 Å². The Morgan fingerprint density at radius 3 is 2.35 bits per heavy atom. The van der Waals surface area contributed by atoms with Crippen LogP contribution in [0.15, 0.2) is 24.3 Å². The van der Waals surface area contributed by atoms with Crippen LogP contribution in [-0.2, 0) is 0 Å². The largest absolute Gasteiger partial charge is 0.573 e. The number of hydrogen-bond acceptors (Lipinski definition) is 2. The topological polar surface area (TPSA) is 21.3 Å². The van der Waals surface area contributed by atoms with Gasteiger partial charge in [-0.3, -0.25) is 0 Å². The first-order valence-corrected chi connectivity index (χ1v) is 6.70. The maximum atomic E-state index is 12.3. The van der Waals surface area contributed by atoms with Gasteiger partial charge in [0.15, 0.2) is 0 Å². The number of hydrogen-bond donors (Lipinski definition) is 1. The first-order valence-electron chi connectivity index (χ1n) is 6.70. The molecular formula is C15H22F3NO. The second-order valence-corrected chi connectivity index (χ2v) is 6.00. The van der Waals surface area contributed by atoms with Crippen LogP contribution in [0.5, 0.6) is 5.75 Å². The Balaban J connectivity index is 2.93. The molecule has 1 rings (SSSR count). The number of halogens is 3. The molecule has 1 aromatic carbocycles. The Morgan fingerprint density at radius 1 is 1.20 bits per heavy atom. The molecule has 1 aromatic rings. The molecule has 114 valence electrons. The third-order valence-electron chi connectivity index (χ3n) is 2.76. The van der Waals surface area contributed by atoms with Gasteiger partial charge in [0, 0.05) is 6.04 Å². The lowest BCUT2D eigenvalue weighted by Crippen LogP contribution is -2.25. The highest BCUT2D eigenvalue weighted by Gasteiger charge is 2.31. The summed E-state index contributed by atoms with van der Waals surface area (Å²) in [7, 11) is 0. The van der Waals surface area contributed by atoms with E-state index >= 15 is 0 Å². The van der Waals surface area contributed by atoms with E-state index in [0.29, 0.717) is 0 Å². The Labute approximate surface area is 118 Å². The highest BCUT2D eigenvalue weighted by atomic mass is 19.4. The van der Waals surface area contributed by atoms with E-state index in [1.165, 1.54) is 12.1 Å². The van der Waals surface area contributed by atoms with Crippen LogP contribution in [0.1, 0.15) is 45.7 Å². The standard InChI is InChI=1S/C15H22F3NO/c1-5-19-13(10-14(2,3)4)11-7-6-8-12(9-11)20-15(16,17)18/h6-9,13,19H,5,10H2,1-4H3. The van der Waals surface area contributed by atoms with Crippen molar-refractivity contribution in [1.29, 1.82) is 0 Å². The van der Waals surface area contributed by atoms with Crippen molar-refractivity contribution in [2.45, 2.75) is 46.5 Å². The van der Waals surface area contributed by atoms with Gasteiger partial charge in [0.1, 0.15) is 5.75 Å². The number of nitrogens with one attached hydrogen (secondary N) is 1. The number of benzene rings is 1. The van der Waals surface area contributed by atoms with Gasteiger partial charge in [0.05, 0.1) is 0 Å². The summed E-state index contributed by atoms with van der Waals surface area (Å²) >= 11 is 0. The molecule has 0 saturated heterocycles. The van der Waals surface area contributed by atoms with Crippen molar-refractivity contribution in [3.05, 3.63) is 29.8 Å². The zero-order chi connectivity index (χ0) is 15.4. The average molecular weight is 289 g/mol. The minimum Gasteiger partial charge on any atom is -0.406 e. The summed E-state index contributed by atoms with van der Waals surface area (Å²) in [6, 6.07) is 6.19. The predicted molar refractivity (Wildman–Crippen MR) is 73.6 cm³/mol. The van der Waals surface area contributed by atoms with Crippen molar-refractivity contribution in [3.63, 3.8) is 0 Å². The van der Waals surface area contributed by atoms with E-state index in [-0.39, 0.29) is 17.2 Å². The molecule has 0 aliphatic rings. The Kier molecular flexibility index (Phi) is 5.45. The number of ether oxygens (including phenoxy) is 1. The fourth-order valence-electron chi connectivity index (χ4n) is 2.10. The normalized spacial score (nSPS) is 14.2. The molecule has 0 aliphatic carbocycles. The molecule has 0 saturated carbocycles. The van der Waals surface area contributed by atoms with E-state index < -0.39 is 6.36 Å². The third-order valence-corrected chi connectivity index (χ3v) is 2.76. The molecule has 0 bridgehead atoms. The van der Waals surface area contributed by atoms with Crippen molar-refractivity contribution >= 4 is 0 Å². The molecule has 0 aromatic heterocycles. The predicted octanol–water partition coefficient (Wildman–Crippen LogP) is 4.67. The van der Waals surface area contributed by atoms with Gasteiger partial charge in [-0.2, -0.15) is 0 Å². The van der Waals surface area contributed by atoms with Crippen molar-refractivity contribution in [1.82, 2.24) is 5.32 Å². The second kappa shape index (κ2) is 6.48. The van der Waals surface area contributed by atoms with Crippen LogP contribution in [0.25, 0.3) is 0 Å². The first-order chi connectivity index (χ1) is 9.11. The van der Waals surface area contributed by atoms with E-state index in [4.69, 9.17) is 0 Å². The van der Waals surface area contributed by atoms with Gasteiger partial charge in [-0.1, -0.05) is 39.8 Å². The summed E-state index contributed by atoms with van der Waals surface area (Å²) < 4.78 is 40.7. The molecule has 1 unspecified atom stereocenters. The van der Waals surface area contributed by atoms with Crippen molar-refractivity contribution in [2.75, 3.05) is 6.54 Å². The minimum atomic E-state index is -4.66. The summed E-state index contributed by atoms with van der Waals surface area (Å²) in [5.74, 6) is -0.174. The van der Waals surface area contributed by atoms with E-state index in [1.54, 1.807) is 6.07 Å². The molecule has 0 heterocycles. The lowest BCUT2D eigenvalue weighted by Gasteiger charge is -2.27. The molecule has 1 N–H and O–H groups in total. The molecule has 0 aliphatic heterocycles. The summed E-state index contributed by atoms with van der Waals surface area (Å²) in [5, 5.41) is 3.31. The van der Waals surface area contributed by atoms with Crippen molar-refractivity contribution < 1.29 is 17.9 Å². The lowest BCUT2D eigenvalue weighted by atomic mass is 9.85. The zero-order valence-electron chi connectivity index (χ0n) is 12.3. The molecule has 20 heavy (non-hydrogen) atoms. The molecular weight excluding hydrogens is 267 g/mol. The van der Waals surface area contributed by atoms with Crippen LogP contribution >= 0.6 is 0 Å². The van der Waals surface area contributed by atoms with E-state index in [1.807, 2.05) is 13.0 Å². The summed E-state index contributed by atoms with van der Waals surface area (Å²) in [5.41, 5.74) is 0.886. The quantitative estimate of drug-likeness (QED) is 0.850. The molecule has 0 spiro atoms. The van der Waals surface area contributed by atoms with Crippen molar-refractivity contribution in [3.8, 4) is 5.75 Å².